The first-order valence-electron chi connectivity index (χ1n) is 19.7. The fourth-order valence-electron chi connectivity index (χ4n) is 8.06. The average molecular weight is 792 g/mol. The Morgan fingerprint density at radius 1 is 0.518 bits per heavy atom. The third-order valence-electron chi connectivity index (χ3n) is 11.2. The molecule has 0 bridgehead atoms. The molecule has 4 aliphatic heterocycles. The van der Waals surface area contributed by atoms with Crippen LogP contribution in [-0.4, -0.2) is 110 Å². The molecule has 0 atom stereocenters. The Kier molecular flexibility index (Phi) is 11.4. The molecular formula is C44H48Cl2N8O2. The van der Waals surface area contributed by atoms with Crippen molar-refractivity contribution in [2.75, 3.05) is 76.3 Å². The van der Waals surface area contributed by atoms with E-state index >= 15 is 0 Å². The number of fused-ring (bicyclic) bond motifs is 4. The third-order valence-corrected chi connectivity index (χ3v) is 11.7. The molecule has 0 radical (unpaired) electrons. The van der Waals surface area contributed by atoms with Crippen molar-refractivity contribution in [2.24, 2.45) is 9.98 Å². The highest BCUT2D eigenvalue weighted by atomic mass is 35.5. The third kappa shape index (κ3) is 7.93. The van der Waals surface area contributed by atoms with E-state index in [0.717, 1.165) is 111 Å². The van der Waals surface area contributed by atoms with Gasteiger partial charge in [-0.15, -0.1) is 0 Å². The number of amides is 2. The maximum atomic E-state index is 14.2. The van der Waals surface area contributed by atoms with Gasteiger partial charge in [0.05, 0.1) is 34.1 Å². The number of amidine groups is 2. The molecule has 4 aromatic rings. The number of nitrogens with zero attached hydrogens (tertiary/aromatic N) is 8. The van der Waals surface area contributed by atoms with Gasteiger partial charge in [-0.25, -0.2) is 9.98 Å². The lowest BCUT2D eigenvalue weighted by Crippen LogP contribution is -2.47. The zero-order chi connectivity index (χ0) is 38.8. The van der Waals surface area contributed by atoms with Crippen LogP contribution in [0.3, 0.4) is 0 Å². The van der Waals surface area contributed by atoms with Gasteiger partial charge in [0, 0.05) is 86.4 Å². The van der Waals surface area contributed by atoms with Crippen LogP contribution >= 0.6 is 23.2 Å². The standard InChI is InChI=1S/C44H48Cl2N8O2/c1-49-21-25-51(26-22-49)43-33-11-7-9-13-37(33)53(39-19-17-31(45)29-35(39)47-43)41(55)15-5-3-4-6-16-42(56)54-38-14-10-8-12-34(38)44(52-27-23-50(2)24-28-52)48-36-30-32(46)18-20-40(36)54/h7-14,17-20,29-30H,3-6,15-16,21-28H2,1-2H3. The van der Waals surface area contributed by atoms with E-state index in [-0.39, 0.29) is 11.8 Å². The zero-order valence-electron chi connectivity index (χ0n) is 32.1. The zero-order valence-corrected chi connectivity index (χ0v) is 33.6. The fourth-order valence-corrected chi connectivity index (χ4v) is 8.39. The minimum absolute atomic E-state index is 0.0134. The van der Waals surface area contributed by atoms with Crippen molar-refractivity contribution in [3.8, 4) is 0 Å². The van der Waals surface area contributed by atoms with Crippen LogP contribution in [0.15, 0.2) is 94.9 Å². The maximum Gasteiger partial charge on any atom is 0.231 e. The van der Waals surface area contributed by atoms with Gasteiger partial charge < -0.3 is 19.6 Å². The highest BCUT2D eigenvalue weighted by molar-refractivity contribution is 6.31. The van der Waals surface area contributed by atoms with Gasteiger partial charge in [-0.2, -0.15) is 0 Å². The van der Waals surface area contributed by atoms with Gasteiger partial charge in [0.15, 0.2) is 0 Å². The summed E-state index contributed by atoms with van der Waals surface area (Å²) in [6.45, 7) is 7.18. The number of hydrogen-bond donors (Lipinski definition) is 0. The van der Waals surface area contributed by atoms with Crippen LogP contribution in [0.4, 0.5) is 34.1 Å². The smallest absolute Gasteiger partial charge is 0.231 e. The molecule has 4 aliphatic rings. The number of aliphatic imine (C=N–C) groups is 2. The number of piperazine rings is 2. The number of benzene rings is 4. The summed E-state index contributed by atoms with van der Waals surface area (Å²) in [7, 11) is 4.27. The molecule has 2 amide bonds. The first-order chi connectivity index (χ1) is 27.2. The molecule has 2 fully saturated rings. The van der Waals surface area contributed by atoms with Gasteiger partial charge in [0.25, 0.3) is 0 Å². The number of para-hydroxylation sites is 2. The van der Waals surface area contributed by atoms with Crippen molar-refractivity contribution >= 4 is 80.8 Å². The molecule has 290 valence electrons. The number of unbranched alkanes of at least 4 members (excludes halogenated alkanes) is 3. The Labute approximate surface area is 339 Å². The highest BCUT2D eigenvalue weighted by Gasteiger charge is 2.32. The van der Waals surface area contributed by atoms with Gasteiger partial charge in [-0.05, 0) is 87.6 Å². The van der Waals surface area contributed by atoms with E-state index < -0.39 is 0 Å². The number of likely N-dealkylation sites (N-methyl/N-ethyl adjacent to an activating group) is 2. The summed E-state index contributed by atoms with van der Waals surface area (Å²) < 4.78 is 0. The van der Waals surface area contributed by atoms with E-state index in [9.17, 15) is 9.59 Å². The van der Waals surface area contributed by atoms with E-state index in [2.05, 4.69) is 45.8 Å². The summed E-state index contributed by atoms with van der Waals surface area (Å²) >= 11 is 13.0. The molecule has 56 heavy (non-hydrogen) atoms. The molecule has 0 spiro atoms. The van der Waals surface area contributed by atoms with E-state index in [1.807, 2.05) is 82.6 Å². The first kappa shape index (κ1) is 38.1. The molecular weight excluding hydrogens is 743 g/mol. The second-order valence-electron chi connectivity index (χ2n) is 15.1. The van der Waals surface area contributed by atoms with Crippen molar-refractivity contribution in [1.29, 1.82) is 0 Å². The number of hydrogen-bond acceptors (Lipinski definition) is 8. The van der Waals surface area contributed by atoms with Crippen molar-refractivity contribution in [3.05, 3.63) is 106 Å². The molecule has 8 rings (SSSR count). The monoisotopic (exact) mass is 790 g/mol. The summed E-state index contributed by atoms with van der Waals surface area (Å²) in [6.07, 6.45) is 3.80. The van der Waals surface area contributed by atoms with Crippen LogP contribution in [0.1, 0.15) is 49.7 Å². The lowest BCUT2D eigenvalue weighted by molar-refractivity contribution is -0.119. The second kappa shape index (κ2) is 16.8. The van der Waals surface area contributed by atoms with Crippen LogP contribution in [0.5, 0.6) is 0 Å². The Bertz CT molecular complexity index is 2020. The van der Waals surface area contributed by atoms with Crippen LogP contribution in [0.2, 0.25) is 10.0 Å². The van der Waals surface area contributed by atoms with Crippen LogP contribution in [-0.2, 0) is 9.59 Å². The van der Waals surface area contributed by atoms with Gasteiger partial charge in [0.1, 0.15) is 11.7 Å². The Morgan fingerprint density at radius 2 is 0.911 bits per heavy atom. The lowest BCUT2D eigenvalue weighted by Gasteiger charge is -2.35. The number of anilines is 4. The summed E-state index contributed by atoms with van der Waals surface area (Å²) in [5.41, 5.74) is 6.40. The fraction of sp³-hybridized carbons (Fsp3) is 0.364. The van der Waals surface area contributed by atoms with Crippen LogP contribution in [0.25, 0.3) is 0 Å². The normalized spacial score (nSPS) is 17.2. The SMILES string of the molecule is CN1CCN(C2=Nc3cc(Cl)ccc3N(C(=O)CCCCCCC(=O)N3c4ccc(Cl)cc4N=C(N4CCN(C)CC4)c4ccccc43)c3ccccc32)CC1. The highest BCUT2D eigenvalue weighted by Crippen LogP contribution is 2.44. The predicted octanol–water partition coefficient (Wildman–Crippen LogP) is 8.64. The van der Waals surface area contributed by atoms with Crippen molar-refractivity contribution in [2.45, 2.75) is 38.5 Å². The van der Waals surface area contributed by atoms with Gasteiger partial charge in [-0.3, -0.25) is 19.4 Å². The second-order valence-corrected chi connectivity index (χ2v) is 16.0. The summed E-state index contributed by atoms with van der Waals surface area (Å²) in [6, 6.07) is 27.3. The number of halogens is 2. The van der Waals surface area contributed by atoms with Crippen molar-refractivity contribution in [1.82, 2.24) is 19.6 Å². The average Bonchev–Trinajstić information content (AvgIpc) is 3.44. The van der Waals surface area contributed by atoms with Crippen LogP contribution in [0, 0.1) is 0 Å². The summed E-state index contributed by atoms with van der Waals surface area (Å²) in [5.74, 6) is 1.77. The largest absolute Gasteiger partial charge is 0.353 e. The Morgan fingerprint density at radius 3 is 1.32 bits per heavy atom. The van der Waals surface area contributed by atoms with E-state index in [4.69, 9.17) is 33.2 Å². The van der Waals surface area contributed by atoms with Crippen molar-refractivity contribution in [3.63, 3.8) is 0 Å². The summed E-state index contributed by atoms with van der Waals surface area (Å²) in [4.78, 5) is 51.7. The molecule has 0 saturated carbocycles. The summed E-state index contributed by atoms with van der Waals surface area (Å²) in [5, 5.41) is 1.16. The molecule has 2 saturated heterocycles. The molecule has 10 nitrogen and oxygen atoms in total. The maximum absolute atomic E-state index is 14.2. The predicted molar refractivity (Wildman–Crippen MR) is 228 cm³/mol. The van der Waals surface area contributed by atoms with E-state index in [1.54, 1.807) is 0 Å². The Balaban J connectivity index is 0.942. The van der Waals surface area contributed by atoms with Crippen molar-refractivity contribution < 1.29 is 9.59 Å². The number of rotatable bonds is 7. The first-order valence-corrected chi connectivity index (χ1v) is 20.5. The quantitative estimate of drug-likeness (QED) is 0.175. The molecule has 12 heteroatoms. The molecule has 0 N–H and O–H groups in total. The number of carbonyl (C=O) groups is 2. The Hall–Kier alpha value is -4.74. The minimum Gasteiger partial charge on any atom is -0.353 e. The van der Waals surface area contributed by atoms with Gasteiger partial charge in [-0.1, -0.05) is 60.3 Å². The van der Waals surface area contributed by atoms with E-state index in [0.29, 0.717) is 47.1 Å². The topological polar surface area (TPSA) is 78.3 Å². The van der Waals surface area contributed by atoms with Crippen LogP contribution < -0.4 is 9.80 Å². The van der Waals surface area contributed by atoms with E-state index in [1.165, 1.54) is 0 Å². The molecule has 0 aromatic heterocycles. The minimum atomic E-state index is 0.0134. The van der Waals surface area contributed by atoms with Gasteiger partial charge in [0.2, 0.25) is 11.8 Å². The molecule has 0 unspecified atom stereocenters. The molecule has 0 aliphatic carbocycles. The molecule has 4 aromatic carbocycles. The molecule has 4 heterocycles. The lowest BCUT2D eigenvalue weighted by atomic mass is 10.1. The number of carbonyl (C=O) groups excluding carboxylic acids is 2. The van der Waals surface area contributed by atoms with Gasteiger partial charge >= 0.3 is 0 Å².